The summed E-state index contributed by atoms with van der Waals surface area (Å²) >= 11 is 0. The van der Waals surface area contributed by atoms with E-state index in [2.05, 4.69) is 15.4 Å². The Morgan fingerprint density at radius 3 is 2.53 bits per heavy atom. The van der Waals surface area contributed by atoms with Crippen molar-refractivity contribution in [2.75, 3.05) is 19.0 Å². The van der Waals surface area contributed by atoms with Crippen LogP contribution in [0, 0.1) is 0 Å². The molecule has 0 bridgehead atoms. The topological polar surface area (TPSA) is 97.4 Å². The van der Waals surface area contributed by atoms with Crippen LogP contribution < -0.4 is 10.6 Å². The minimum atomic E-state index is -0.524. The molecule has 0 fully saturated rings. The van der Waals surface area contributed by atoms with E-state index < -0.39 is 11.9 Å². The van der Waals surface area contributed by atoms with Crippen LogP contribution in [0.4, 0.5) is 5.69 Å². The highest BCUT2D eigenvalue weighted by molar-refractivity contribution is 6.13. The number of para-hydroxylation sites is 1. The number of rotatable bonds is 5. The fraction of sp³-hybridized carbons (Fsp3) is 0.217. The molecule has 2 amide bonds. The largest absolute Gasteiger partial charge is 0.468 e. The van der Waals surface area contributed by atoms with Crippen molar-refractivity contribution in [3.05, 3.63) is 70.9 Å². The lowest BCUT2D eigenvalue weighted by molar-refractivity contribution is -0.139. The third kappa shape index (κ3) is 3.87. The number of hydrogen-bond acceptors (Lipinski definition) is 5. The lowest BCUT2D eigenvalue weighted by Crippen LogP contribution is -2.30. The minimum Gasteiger partial charge on any atom is -0.468 e. The van der Waals surface area contributed by atoms with Gasteiger partial charge in [0.05, 0.1) is 18.2 Å². The van der Waals surface area contributed by atoms with Crippen LogP contribution in [0.2, 0.25) is 0 Å². The van der Waals surface area contributed by atoms with Gasteiger partial charge >= 0.3 is 5.97 Å². The molecule has 0 radical (unpaired) electrons. The molecule has 2 aromatic carbocycles. The smallest absolute Gasteiger partial charge is 0.325 e. The predicted octanol–water partition coefficient (Wildman–Crippen LogP) is 2.88. The number of esters is 1. The number of nitrogens with one attached hydrogen (secondary N) is 2. The van der Waals surface area contributed by atoms with Gasteiger partial charge in [0.15, 0.2) is 0 Å². The van der Waals surface area contributed by atoms with E-state index >= 15 is 0 Å². The van der Waals surface area contributed by atoms with E-state index in [1.807, 2.05) is 24.3 Å². The van der Waals surface area contributed by atoms with Gasteiger partial charge in [-0.05, 0) is 55.2 Å². The van der Waals surface area contributed by atoms with Crippen LogP contribution in [-0.2, 0) is 22.4 Å². The van der Waals surface area contributed by atoms with E-state index in [0.717, 1.165) is 41.4 Å². The van der Waals surface area contributed by atoms with Crippen LogP contribution >= 0.6 is 0 Å². The number of pyridine rings is 1. The molecule has 2 N–H and O–H groups in total. The second-order valence-electron chi connectivity index (χ2n) is 7.07. The number of hydrogen-bond donors (Lipinski definition) is 2. The zero-order valence-corrected chi connectivity index (χ0v) is 16.5. The van der Waals surface area contributed by atoms with E-state index in [0.29, 0.717) is 16.8 Å². The van der Waals surface area contributed by atoms with Crippen LogP contribution in [0.3, 0.4) is 0 Å². The number of amides is 2. The molecule has 152 valence electrons. The summed E-state index contributed by atoms with van der Waals surface area (Å²) in [5.74, 6) is -1.10. The molecular weight excluding hydrogens is 382 g/mol. The number of fused-ring (bicyclic) bond motifs is 2. The molecule has 1 aliphatic rings. The molecule has 30 heavy (non-hydrogen) atoms. The standard InChI is InChI=1S/C23H21N3O4/c1-30-20(27)13-24-22(28)14-9-11-15(12-10-14)25-23(29)21-16-5-2-3-7-18(16)26-19-8-4-6-17(19)21/h2-3,5,7,9-12H,4,6,8,13H2,1H3,(H,24,28)(H,25,29). The number of ether oxygens (including phenoxy) is 1. The summed E-state index contributed by atoms with van der Waals surface area (Å²) in [7, 11) is 1.26. The second kappa shape index (κ2) is 8.32. The van der Waals surface area contributed by atoms with Crippen LogP contribution in [-0.4, -0.2) is 36.4 Å². The fourth-order valence-electron chi connectivity index (χ4n) is 3.70. The average Bonchev–Trinajstić information content (AvgIpc) is 3.23. The van der Waals surface area contributed by atoms with Crippen molar-refractivity contribution in [1.29, 1.82) is 0 Å². The molecule has 4 rings (SSSR count). The van der Waals surface area contributed by atoms with E-state index in [1.165, 1.54) is 7.11 Å². The van der Waals surface area contributed by atoms with Gasteiger partial charge in [-0.15, -0.1) is 0 Å². The molecule has 7 heteroatoms. The molecule has 0 atom stereocenters. The Labute approximate surface area is 173 Å². The third-order valence-electron chi connectivity index (χ3n) is 5.17. The highest BCUT2D eigenvalue weighted by Gasteiger charge is 2.23. The molecule has 0 saturated carbocycles. The fourth-order valence-corrected chi connectivity index (χ4v) is 3.70. The van der Waals surface area contributed by atoms with Gasteiger partial charge in [-0.25, -0.2) is 0 Å². The molecule has 0 aliphatic heterocycles. The Balaban J connectivity index is 1.54. The van der Waals surface area contributed by atoms with Crippen molar-refractivity contribution in [3.63, 3.8) is 0 Å². The Hall–Kier alpha value is -3.74. The Morgan fingerprint density at radius 2 is 1.77 bits per heavy atom. The first-order chi connectivity index (χ1) is 14.6. The number of aromatic nitrogens is 1. The lowest BCUT2D eigenvalue weighted by atomic mass is 10.0. The number of methoxy groups -OCH3 is 1. The van der Waals surface area contributed by atoms with Gasteiger partial charge in [0.2, 0.25) is 0 Å². The number of anilines is 1. The maximum atomic E-state index is 13.1. The van der Waals surface area contributed by atoms with E-state index in [4.69, 9.17) is 4.98 Å². The summed E-state index contributed by atoms with van der Waals surface area (Å²) in [5.41, 5.74) is 4.47. The molecule has 1 aromatic heterocycles. The van der Waals surface area contributed by atoms with Crippen molar-refractivity contribution >= 4 is 34.4 Å². The first-order valence-electron chi connectivity index (χ1n) is 9.73. The molecule has 7 nitrogen and oxygen atoms in total. The Morgan fingerprint density at radius 1 is 1.00 bits per heavy atom. The van der Waals surface area contributed by atoms with Crippen LogP contribution in [0.5, 0.6) is 0 Å². The molecule has 0 unspecified atom stereocenters. The molecule has 1 aliphatic carbocycles. The Bertz CT molecular complexity index is 1140. The summed E-state index contributed by atoms with van der Waals surface area (Å²) in [6.07, 6.45) is 2.72. The summed E-state index contributed by atoms with van der Waals surface area (Å²) in [4.78, 5) is 41.1. The quantitative estimate of drug-likeness (QED) is 0.639. The predicted molar refractivity (Wildman–Crippen MR) is 113 cm³/mol. The van der Waals surface area contributed by atoms with Gasteiger partial charge in [-0.2, -0.15) is 0 Å². The lowest BCUT2D eigenvalue weighted by Gasteiger charge is -2.13. The zero-order chi connectivity index (χ0) is 21.1. The first kappa shape index (κ1) is 19.6. The average molecular weight is 403 g/mol. The second-order valence-corrected chi connectivity index (χ2v) is 7.07. The number of nitrogens with zero attached hydrogens (tertiary/aromatic N) is 1. The van der Waals surface area contributed by atoms with Gasteiger partial charge in [0.25, 0.3) is 11.8 Å². The zero-order valence-electron chi connectivity index (χ0n) is 16.5. The molecule has 3 aromatic rings. The van der Waals surface area contributed by atoms with Gasteiger partial charge in [-0.3, -0.25) is 19.4 Å². The number of carbonyl (C=O) groups is 3. The maximum absolute atomic E-state index is 13.1. The SMILES string of the molecule is COC(=O)CNC(=O)c1ccc(NC(=O)c2c3c(nc4ccccc24)CCC3)cc1. The highest BCUT2D eigenvalue weighted by Crippen LogP contribution is 2.30. The van der Waals surface area contributed by atoms with Crippen LogP contribution in [0.25, 0.3) is 10.9 Å². The third-order valence-corrected chi connectivity index (χ3v) is 5.17. The van der Waals surface area contributed by atoms with Crippen molar-refractivity contribution in [1.82, 2.24) is 10.3 Å². The van der Waals surface area contributed by atoms with E-state index in [1.54, 1.807) is 24.3 Å². The van der Waals surface area contributed by atoms with E-state index in [9.17, 15) is 14.4 Å². The Kier molecular flexibility index (Phi) is 5.43. The van der Waals surface area contributed by atoms with Gasteiger partial charge in [-0.1, -0.05) is 18.2 Å². The molecule has 0 saturated heterocycles. The van der Waals surface area contributed by atoms with Crippen LogP contribution in [0.15, 0.2) is 48.5 Å². The molecular formula is C23H21N3O4. The monoisotopic (exact) mass is 403 g/mol. The number of carbonyl (C=O) groups excluding carboxylic acids is 3. The van der Waals surface area contributed by atoms with Crippen LogP contribution in [0.1, 0.15) is 38.4 Å². The molecule has 0 spiro atoms. The maximum Gasteiger partial charge on any atom is 0.325 e. The highest BCUT2D eigenvalue weighted by atomic mass is 16.5. The summed E-state index contributed by atoms with van der Waals surface area (Å²) in [6.45, 7) is -0.200. The number of benzene rings is 2. The van der Waals surface area contributed by atoms with Crippen molar-refractivity contribution in [3.8, 4) is 0 Å². The normalized spacial score (nSPS) is 12.3. The van der Waals surface area contributed by atoms with Crippen molar-refractivity contribution in [2.45, 2.75) is 19.3 Å². The van der Waals surface area contributed by atoms with Gasteiger partial charge < -0.3 is 15.4 Å². The van der Waals surface area contributed by atoms with Gasteiger partial charge in [0.1, 0.15) is 6.54 Å². The van der Waals surface area contributed by atoms with E-state index in [-0.39, 0.29) is 12.5 Å². The minimum absolute atomic E-state index is 0.186. The molecule has 1 heterocycles. The number of aryl methyl sites for hydroxylation is 1. The summed E-state index contributed by atoms with van der Waals surface area (Å²) < 4.78 is 4.50. The van der Waals surface area contributed by atoms with Gasteiger partial charge in [0, 0.05) is 22.3 Å². The summed E-state index contributed by atoms with van der Waals surface area (Å²) in [5, 5.41) is 6.25. The van der Waals surface area contributed by atoms with Crippen molar-refractivity contribution in [2.24, 2.45) is 0 Å². The first-order valence-corrected chi connectivity index (χ1v) is 9.73. The summed E-state index contributed by atoms with van der Waals surface area (Å²) in [6, 6.07) is 14.2. The van der Waals surface area contributed by atoms with Crippen molar-refractivity contribution < 1.29 is 19.1 Å².